The van der Waals surface area contributed by atoms with Crippen molar-refractivity contribution in [3.63, 3.8) is 0 Å². The van der Waals surface area contributed by atoms with E-state index in [4.69, 9.17) is 0 Å². The average Bonchev–Trinajstić information content (AvgIpc) is 3.94. The molecule has 0 fully saturated rings. The van der Waals surface area contributed by atoms with Crippen LogP contribution in [0.5, 0.6) is 0 Å². The summed E-state index contributed by atoms with van der Waals surface area (Å²) in [5, 5.41) is 7.60. The van der Waals surface area contributed by atoms with Crippen LogP contribution in [0.1, 0.15) is 0 Å². The molecule has 3 nitrogen and oxygen atoms in total. The Morgan fingerprint density at radius 1 is 0.328 bits per heavy atom. The van der Waals surface area contributed by atoms with Gasteiger partial charge in [0.1, 0.15) is 0 Å². The number of rotatable bonds is 6. The lowest BCUT2D eigenvalue weighted by atomic mass is 10.0. The van der Waals surface area contributed by atoms with E-state index in [2.05, 4.69) is 226 Å². The zero-order valence-corrected chi connectivity index (χ0v) is 32.3. The van der Waals surface area contributed by atoms with Gasteiger partial charge in [-0.2, -0.15) is 0 Å². The van der Waals surface area contributed by atoms with Gasteiger partial charge in [-0.3, -0.25) is 0 Å². The van der Waals surface area contributed by atoms with E-state index in [9.17, 15) is 0 Å². The third kappa shape index (κ3) is 5.05. The van der Waals surface area contributed by atoms with Crippen LogP contribution in [-0.4, -0.2) is 9.13 Å². The quantitative estimate of drug-likeness (QED) is 0.165. The Labute approximate surface area is 339 Å². The lowest BCUT2D eigenvalue weighted by Gasteiger charge is -2.25. The minimum Gasteiger partial charge on any atom is -0.310 e. The predicted molar refractivity (Wildman–Crippen MR) is 248 cm³/mol. The van der Waals surface area contributed by atoms with Crippen LogP contribution in [-0.2, 0) is 0 Å². The lowest BCUT2D eigenvalue weighted by molar-refractivity contribution is 1.16. The summed E-state index contributed by atoms with van der Waals surface area (Å²) in [6.45, 7) is 0. The maximum Gasteiger partial charge on any atom is 0.0562 e. The molecule has 9 aromatic carbocycles. The number of para-hydroxylation sites is 4. The fraction of sp³-hybridized carbons (Fsp3) is 0. The summed E-state index contributed by atoms with van der Waals surface area (Å²) in [6.07, 6.45) is 0. The minimum absolute atomic E-state index is 1.11. The van der Waals surface area contributed by atoms with E-state index in [1.54, 1.807) is 0 Å². The van der Waals surface area contributed by atoms with E-state index < -0.39 is 0 Å². The van der Waals surface area contributed by atoms with Crippen LogP contribution in [0.4, 0.5) is 17.1 Å². The number of benzene rings is 9. The highest BCUT2D eigenvalue weighted by atomic mass is 32.1. The summed E-state index contributed by atoms with van der Waals surface area (Å²) in [4.78, 5) is 2.34. The van der Waals surface area contributed by atoms with E-state index in [-0.39, 0.29) is 0 Å². The molecule has 272 valence electrons. The molecule has 0 saturated carbocycles. The van der Waals surface area contributed by atoms with Gasteiger partial charge in [-0.1, -0.05) is 127 Å². The molecule has 0 bridgehead atoms. The second-order valence-electron chi connectivity index (χ2n) is 14.9. The highest BCUT2D eigenvalue weighted by Crippen LogP contribution is 2.44. The van der Waals surface area contributed by atoms with Crippen LogP contribution >= 0.6 is 11.3 Å². The molecule has 0 saturated heterocycles. The number of hydrogen-bond acceptors (Lipinski definition) is 2. The first-order chi connectivity index (χ1) is 28.8. The number of thiophene rings is 1. The Kier molecular flexibility index (Phi) is 7.40. The number of fused-ring (bicyclic) bond motifs is 9. The molecule has 3 heterocycles. The first kappa shape index (κ1) is 32.8. The average molecular weight is 758 g/mol. The Morgan fingerprint density at radius 3 is 1.60 bits per heavy atom. The fourth-order valence-corrected chi connectivity index (χ4v) is 10.3. The first-order valence-corrected chi connectivity index (χ1v) is 20.6. The van der Waals surface area contributed by atoms with Crippen LogP contribution < -0.4 is 4.90 Å². The Balaban J connectivity index is 1.08. The summed E-state index contributed by atoms with van der Waals surface area (Å²) in [5.74, 6) is 0. The second kappa shape index (κ2) is 13.1. The largest absolute Gasteiger partial charge is 0.310 e. The highest BCUT2D eigenvalue weighted by molar-refractivity contribution is 7.26. The topological polar surface area (TPSA) is 13.1 Å². The number of nitrogens with zero attached hydrogens (tertiary/aromatic N) is 3. The van der Waals surface area contributed by atoms with Crippen molar-refractivity contribution >= 4 is 92.2 Å². The molecule has 0 atom stereocenters. The first-order valence-electron chi connectivity index (χ1n) is 19.8. The van der Waals surface area contributed by atoms with Gasteiger partial charge in [0, 0.05) is 70.2 Å². The van der Waals surface area contributed by atoms with Crippen molar-refractivity contribution < 1.29 is 0 Å². The maximum atomic E-state index is 2.44. The summed E-state index contributed by atoms with van der Waals surface area (Å²) in [6, 6.07) is 77.3. The molecule has 0 radical (unpaired) electrons. The molecule has 4 heteroatoms. The van der Waals surface area contributed by atoms with Crippen LogP contribution in [0, 0.1) is 0 Å². The molecule has 0 spiro atoms. The fourth-order valence-electron chi connectivity index (χ4n) is 9.11. The zero-order chi connectivity index (χ0) is 38.2. The van der Waals surface area contributed by atoms with E-state index >= 15 is 0 Å². The molecule has 0 amide bonds. The van der Waals surface area contributed by atoms with Gasteiger partial charge in [0.25, 0.3) is 0 Å². The molecule has 12 aromatic rings. The third-order valence-corrected chi connectivity index (χ3v) is 12.9. The summed E-state index contributed by atoms with van der Waals surface area (Å²) in [7, 11) is 0. The van der Waals surface area contributed by atoms with Crippen molar-refractivity contribution in [1.29, 1.82) is 0 Å². The van der Waals surface area contributed by atoms with Crippen molar-refractivity contribution in [2.75, 3.05) is 4.90 Å². The van der Waals surface area contributed by atoms with Crippen molar-refractivity contribution in [2.45, 2.75) is 0 Å². The summed E-state index contributed by atoms with van der Waals surface area (Å²) in [5.41, 5.74) is 12.8. The molecule has 3 aromatic heterocycles. The van der Waals surface area contributed by atoms with Crippen LogP contribution in [0.15, 0.2) is 212 Å². The molecule has 0 aliphatic heterocycles. The highest BCUT2D eigenvalue weighted by Gasteiger charge is 2.21. The number of aromatic nitrogens is 2. The lowest BCUT2D eigenvalue weighted by Crippen LogP contribution is -2.09. The zero-order valence-electron chi connectivity index (χ0n) is 31.5. The molecule has 0 unspecified atom stereocenters. The number of hydrogen-bond donors (Lipinski definition) is 0. The molecule has 12 rings (SSSR count). The van der Waals surface area contributed by atoms with Crippen LogP contribution in [0.3, 0.4) is 0 Å². The summed E-state index contributed by atoms with van der Waals surface area (Å²) >= 11 is 1.88. The van der Waals surface area contributed by atoms with Crippen molar-refractivity contribution in [1.82, 2.24) is 9.13 Å². The summed E-state index contributed by atoms with van der Waals surface area (Å²) < 4.78 is 7.55. The predicted octanol–water partition coefficient (Wildman–Crippen LogP) is 15.4. The Hall–Kier alpha value is -7.40. The van der Waals surface area contributed by atoms with Gasteiger partial charge in [-0.15, -0.1) is 11.3 Å². The van der Waals surface area contributed by atoms with Crippen molar-refractivity contribution in [3.8, 4) is 22.5 Å². The molecule has 58 heavy (non-hydrogen) atoms. The normalized spacial score (nSPS) is 11.8. The minimum atomic E-state index is 1.11. The van der Waals surface area contributed by atoms with Gasteiger partial charge in [-0.05, 0) is 96.1 Å². The maximum absolute atomic E-state index is 2.44. The van der Waals surface area contributed by atoms with Crippen molar-refractivity contribution in [3.05, 3.63) is 212 Å². The smallest absolute Gasteiger partial charge is 0.0562 e. The van der Waals surface area contributed by atoms with Gasteiger partial charge >= 0.3 is 0 Å². The van der Waals surface area contributed by atoms with Crippen LogP contribution in [0.2, 0.25) is 0 Å². The van der Waals surface area contributed by atoms with Gasteiger partial charge in [0.15, 0.2) is 0 Å². The molecule has 0 aliphatic rings. The SMILES string of the molecule is c1ccc(N(c2ccccc2)c2ccc3c4cc5c6ccccc6n(-c6ccc(-c7cccc8c7sc7ccccc78)cc6)c5cc4n(-c4ccccc4)c3c2)cc1. The number of anilines is 3. The third-order valence-electron chi connectivity index (χ3n) is 11.7. The Morgan fingerprint density at radius 2 is 0.879 bits per heavy atom. The molecule has 0 N–H and O–H groups in total. The molecule has 0 aliphatic carbocycles. The van der Waals surface area contributed by atoms with Gasteiger partial charge in [-0.25, -0.2) is 0 Å². The van der Waals surface area contributed by atoms with Gasteiger partial charge in [0.2, 0.25) is 0 Å². The van der Waals surface area contributed by atoms with Crippen LogP contribution in [0.25, 0.3) is 86.3 Å². The van der Waals surface area contributed by atoms with E-state index in [1.807, 2.05) is 11.3 Å². The standard InChI is InChI=1S/C54H35N3S/c1-4-15-37(16-5-1)55(38-17-6-2-7-18-38)41-31-32-44-48-34-47-43-21-10-12-25-49(43)56(51(47)35-52(48)57(50(44)33-41)39-19-8-3-9-20-39)40-29-27-36(28-30-40)42-23-14-24-46-45-22-11-13-26-53(45)58-54(42)46/h1-35H. The van der Waals surface area contributed by atoms with Crippen molar-refractivity contribution in [2.24, 2.45) is 0 Å². The van der Waals surface area contributed by atoms with E-state index in [0.29, 0.717) is 0 Å². The monoisotopic (exact) mass is 757 g/mol. The van der Waals surface area contributed by atoms with E-state index in [1.165, 1.54) is 74.9 Å². The van der Waals surface area contributed by atoms with Gasteiger partial charge < -0.3 is 14.0 Å². The second-order valence-corrected chi connectivity index (χ2v) is 16.0. The molecular formula is C54H35N3S. The molecular weight excluding hydrogens is 723 g/mol. The Bertz CT molecular complexity index is 3450. The van der Waals surface area contributed by atoms with Gasteiger partial charge in [0.05, 0.1) is 22.1 Å². The van der Waals surface area contributed by atoms with E-state index in [0.717, 1.165) is 28.4 Å².